The van der Waals surface area contributed by atoms with E-state index in [1.807, 2.05) is 0 Å². The molecule has 5 radical (unpaired) electrons. The molecule has 1 saturated carbocycles. The van der Waals surface area contributed by atoms with E-state index < -0.39 is 31.8 Å². The standard InChI is InChI=1S/C30H31NOP2.C8H12.CHF3O3S.Rh/c1-30(2,32-34(27-19-11-5-12-20-27)28-21-13-6-14-22-28)29-23-24-31(29)33(25-15-7-3-8-16-25)26-17-9-4-10-18-26;1-2-4-6-8-7-5-3-1;2-1(3,4)8(5,6)7;/h3-22,29H,23-24H2,1-2H3;1-2,7-8H,3-6H2;(H,5,6,7);/q;;;+2/p-1/t29-;;;/m0.../s1. The molecule has 5 nitrogen and oxygen atoms in total. The van der Waals surface area contributed by atoms with Crippen molar-refractivity contribution in [1.82, 2.24) is 4.67 Å². The molecule has 6 rings (SSSR count). The van der Waals surface area contributed by atoms with Crippen LogP contribution in [0, 0.1) is 25.7 Å². The third kappa shape index (κ3) is 13.4. The molecular weight excluding hydrogens is 800 g/mol. The maximum absolute atomic E-state index is 10.7. The number of benzene rings is 4. The first-order valence-electron chi connectivity index (χ1n) is 16.5. The molecule has 273 valence electrons. The summed E-state index contributed by atoms with van der Waals surface area (Å²) in [6, 6.07) is 43.8. The molecule has 0 unspecified atom stereocenters. The second kappa shape index (κ2) is 21.0. The molecule has 0 N–H and O–H groups in total. The number of nitrogens with zero attached hydrogens (tertiary/aromatic N) is 1. The summed E-state index contributed by atoms with van der Waals surface area (Å²) in [5.74, 6) is 0. The molecule has 0 aromatic heterocycles. The molecule has 2 fully saturated rings. The van der Waals surface area contributed by atoms with E-state index in [4.69, 9.17) is 17.5 Å². The minimum atomic E-state index is -6.09. The summed E-state index contributed by atoms with van der Waals surface area (Å²) in [4.78, 5) is 0. The van der Waals surface area contributed by atoms with Crippen molar-refractivity contribution in [3.8, 4) is 0 Å². The van der Waals surface area contributed by atoms with Crippen molar-refractivity contribution in [2.24, 2.45) is 0 Å². The number of hydrogen-bond acceptors (Lipinski definition) is 5. The molecule has 1 heterocycles. The van der Waals surface area contributed by atoms with Crippen LogP contribution in [0.2, 0.25) is 0 Å². The van der Waals surface area contributed by atoms with Gasteiger partial charge in [-0.1, -0.05) is 121 Å². The fourth-order valence-corrected chi connectivity index (χ4v) is 10.2. The van der Waals surface area contributed by atoms with E-state index in [2.05, 4.69) is 166 Å². The van der Waals surface area contributed by atoms with Crippen LogP contribution in [-0.4, -0.2) is 41.3 Å². The third-order valence-corrected chi connectivity index (χ3v) is 13.3. The van der Waals surface area contributed by atoms with Crippen molar-refractivity contribution in [2.75, 3.05) is 6.54 Å². The quantitative estimate of drug-likeness (QED) is 0.0773. The molecule has 0 spiro atoms. The zero-order chi connectivity index (χ0) is 36.0. The first kappa shape index (κ1) is 43.4. The van der Waals surface area contributed by atoms with Crippen LogP contribution < -0.4 is 21.2 Å². The van der Waals surface area contributed by atoms with Gasteiger partial charge in [0, 0.05) is 31.3 Å². The van der Waals surface area contributed by atoms with Gasteiger partial charge in [0.2, 0.25) is 0 Å². The summed E-state index contributed by atoms with van der Waals surface area (Å²) in [5, 5.41) is 5.32. The predicted octanol–water partition coefficient (Wildman–Crippen LogP) is 8.38. The van der Waals surface area contributed by atoms with Crippen LogP contribution in [-0.2, 0) is 34.1 Å². The summed E-state index contributed by atoms with van der Waals surface area (Å²) in [5.41, 5.74) is -5.94. The molecule has 4 aromatic rings. The smallest absolute Gasteiger partial charge is 0.741 e. The topological polar surface area (TPSA) is 69.7 Å². The molecule has 1 aliphatic heterocycles. The van der Waals surface area contributed by atoms with Gasteiger partial charge in [-0.05, 0) is 82.2 Å². The van der Waals surface area contributed by atoms with Gasteiger partial charge in [-0.3, -0.25) is 4.67 Å². The van der Waals surface area contributed by atoms with Crippen molar-refractivity contribution in [3.05, 3.63) is 147 Å². The van der Waals surface area contributed by atoms with Crippen LogP contribution in [0.25, 0.3) is 0 Å². The maximum atomic E-state index is 10.7. The normalized spacial score (nSPS) is 17.0. The van der Waals surface area contributed by atoms with Crippen LogP contribution >= 0.6 is 16.2 Å². The van der Waals surface area contributed by atoms with Crippen LogP contribution in [0.4, 0.5) is 13.2 Å². The number of alkyl halides is 3. The van der Waals surface area contributed by atoms with E-state index in [1.54, 1.807) is 0 Å². The number of halogens is 3. The Morgan fingerprint density at radius 3 is 1.24 bits per heavy atom. The Morgan fingerprint density at radius 1 is 0.647 bits per heavy atom. The van der Waals surface area contributed by atoms with Gasteiger partial charge >= 0.3 is 25.0 Å². The summed E-state index contributed by atoms with van der Waals surface area (Å²) < 4.78 is 68.7. The zero-order valence-electron chi connectivity index (χ0n) is 28.5. The Balaban J connectivity index is 0.000000342. The molecule has 4 aromatic carbocycles. The van der Waals surface area contributed by atoms with Crippen molar-refractivity contribution in [1.29, 1.82) is 0 Å². The Hall–Kier alpha value is -2.02. The Labute approximate surface area is 317 Å². The van der Waals surface area contributed by atoms with Gasteiger partial charge in [0.1, 0.15) is 0 Å². The molecule has 1 aliphatic carbocycles. The molecule has 1 saturated heterocycles. The maximum Gasteiger partial charge on any atom is 2.00 e. The average molecular weight is 844 g/mol. The van der Waals surface area contributed by atoms with E-state index in [1.165, 1.54) is 46.9 Å². The monoisotopic (exact) mass is 843 g/mol. The van der Waals surface area contributed by atoms with E-state index in [9.17, 15) is 13.2 Å². The number of hydrogen-bond donors (Lipinski definition) is 0. The van der Waals surface area contributed by atoms with E-state index in [0.717, 1.165) is 13.0 Å². The predicted molar refractivity (Wildman–Crippen MR) is 200 cm³/mol. The van der Waals surface area contributed by atoms with Gasteiger partial charge in [-0.15, -0.1) is 0 Å². The van der Waals surface area contributed by atoms with Crippen LogP contribution in [0.1, 0.15) is 46.0 Å². The van der Waals surface area contributed by atoms with Crippen molar-refractivity contribution in [2.45, 2.75) is 63.1 Å². The first-order valence-corrected chi connectivity index (χ1v) is 20.4. The fourth-order valence-electron chi connectivity index (χ4n) is 5.44. The van der Waals surface area contributed by atoms with Crippen molar-refractivity contribution < 1.29 is 50.1 Å². The van der Waals surface area contributed by atoms with Gasteiger partial charge < -0.3 is 9.08 Å². The van der Waals surface area contributed by atoms with Gasteiger partial charge in [0.05, 0.1) is 13.7 Å². The Kier molecular flexibility index (Phi) is 17.9. The van der Waals surface area contributed by atoms with Crippen LogP contribution in [0.3, 0.4) is 0 Å². The molecular formula is C39H43F3NO4P2RhS+. The minimum Gasteiger partial charge on any atom is -0.741 e. The van der Waals surface area contributed by atoms with Crippen LogP contribution in [0.5, 0.6) is 0 Å². The average Bonchev–Trinajstić information content (AvgIpc) is 3.06. The zero-order valence-corrected chi connectivity index (χ0v) is 32.8. The second-order valence-electron chi connectivity index (χ2n) is 12.1. The number of rotatable bonds is 8. The summed E-state index contributed by atoms with van der Waals surface area (Å²) >= 11 is 0. The van der Waals surface area contributed by atoms with Gasteiger partial charge in [-0.25, -0.2) is 8.42 Å². The summed E-state index contributed by atoms with van der Waals surface area (Å²) in [6.45, 7) is 5.67. The van der Waals surface area contributed by atoms with Crippen LogP contribution in [0.15, 0.2) is 121 Å². The second-order valence-corrected chi connectivity index (χ2v) is 17.5. The van der Waals surface area contributed by atoms with E-state index >= 15 is 0 Å². The summed E-state index contributed by atoms with van der Waals surface area (Å²) in [6.07, 6.45) is 15.2. The van der Waals surface area contributed by atoms with Crippen molar-refractivity contribution in [3.63, 3.8) is 0 Å². The Morgan fingerprint density at radius 2 is 0.961 bits per heavy atom. The SMILES string of the molecule is CC(C)(OP(c1ccccc1)c1ccccc1)[C@@H]1CCN1P(c1ccccc1)c1ccccc1.O=S(=O)([O-])C(F)(F)F.[CH]1[CH]CC[CH][CH]CC1.[Rh+2]. The molecule has 1 atom stereocenters. The van der Waals surface area contributed by atoms with E-state index in [0.29, 0.717) is 6.04 Å². The van der Waals surface area contributed by atoms with Gasteiger partial charge in [0.25, 0.3) is 0 Å². The van der Waals surface area contributed by atoms with E-state index in [-0.39, 0.29) is 25.1 Å². The molecule has 2 aliphatic rings. The van der Waals surface area contributed by atoms with Gasteiger partial charge in [0.15, 0.2) is 10.1 Å². The third-order valence-electron chi connectivity index (χ3n) is 7.98. The minimum absolute atomic E-state index is 0. The van der Waals surface area contributed by atoms with Crippen molar-refractivity contribution >= 4 is 47.6 Å². The molecule has 0 amide bonds. The summed E-state index contributed by atoms with van der Waals surface area (Å²) in [7, 11) is -7.60. The Bertz CT molecular complexity index is 1550. The largest absolute Gasteiger partial charge is 2.00 e. The molecule has 12 heteroatoms. The van der Waals surface area contributed by atoms with Gasteiger partial charge in [-0.2, -0.15) is 13.2 Å². The fraction of sp³-hybridized carbons (Fsp3) is 0.282. The molecule has 51 heavy (non-hydrogen) atoms. The molecule has 0 bridgehead atoms. The first-order chi connectivity index (χ1) is 23.9.